The molecule has 4 nitrogen and oxygen atoms in total. The fraction of sp³-hybridized carbons (Fsp3) is 0.545. The zero-order valence-electron chi connectivity index (χ0n) is 10.1. The summed E-state index contributed by atoms with van der Waals surface area (Å²) in [6, 6.07) is 1.69. The number of rotatable bonds is 2. The van der Waals surface area contributed by atoms with Crippen LogP contribution < -0.4 is 0 Å². The van der Waals surface area contributed by atoms with E-state index < -0.39 is 0 Å². The maximum atomic E-state index is 11.6. The molecule has 0 bridgehead atoms. The molecule has 1 aromatic heterocycles. The van der Waals surface area contributed by atoms with Crippen molar-refractivity contribution in [1.82, 2.24) is 14.9 Å². The van der Waals surface area contributed by atoms with Gasteiger partial charge in [0.25, 0.3) is 5.91 Å². The van der Waals surface area contributed by atoms with Crippen molar-refractivity contribution in [3.8, 4) is 0 Å². The lowest BCUT2D eigenvalue weighted by Crippen LogP contribution is -2.27. The predicted molar refractivity (Wildman–Crippen MR) is 60.8 cm³/mol. The van der Waals surface area contributed by atoms with Gasteiger partial charge in [-0.3, -0.25) is 4.79 Å². The van der Waals surface area contributed by atoms with Gasteiger partial charge in [0.1, 0.15) is 12.0 Å². The van der Waals surface area contributed by atoms with Crippen molar-refractivity contribution in [1.29, 1.82) is 0 Å². The van der Waals surface area contributed by atoms with E-state index in [0.717, 1.165) is 5.69 Å². The second kappa shape index (κ2) is 6.92. The average Bonchev–Trinajstić information content (AvgIpc) is 2.29. The van der Waals surface area contributed by atoms with E-state index in [0.29, 0.717) is 12.2 Å². The average molecular weight is 209 g/mol. The van der Waals surface area contributed by atoms with E-state index in [1.54, 1.807) is 18.0 Å². The molecule has 0 aromatic carbocycles. The van der Waals surface area contributed by atoms with Crippen LogP contribution in [0.1, 0.15) is 37.0 Å². The smallest absolute Gasteiger partial charge is 0.272 e. The minimum absolute atomic E-state index is 0.0620. The Morgan fingerprint density at radius 1 is 1.40 bits per heavy atom. The maximum absolute atomic E-state index is 11.6. The molecule has 15 heavy (non-hydrogen) atoms. The molecule has 0 aliphatic heterocycles. The Morgan fingerprint density at radius 2 is 2.00 bits per heavy atom. The largest absolute Gasteiger partial charge is 0.341 e. The third-order valence-corrected chi connectivity index (χ3v) is 1.84. The molecular weight excluding hydrogens is 190 g/mol. The number of hydrogen-bond donors (Lipinski definition) is 0. The highest BCUT2D eigenvalue weighted by molar-refractivity contribution is 5.92. The third kappa shape index (κ3) is 4.06. The van der Waals surface area contributed by atoms with Gasteiger partial charge in [-0.05, 0) is 19.9 Å². The summed E-state index contributed by atoms with van der Waals surface area (Å²) < 4.78 is 0. The zero-order chi connectivity index (χ0) is 11.8. The van der Waals surface area contributed by atoms with Crippen molar-refractivity contribution in [3.05, 3.63) is 23.8 Å². The van der Waals surface area contributed by atoms with Gasteiger partial charge in [-0.2, -0.15) is 0 Å². The molecule has 0 unspecified atom stereocenters. The Labute approximate surface area is 91.4 Å². The molecule has 0 N–H and O–H groups in total. The minimum atomic E-state index is -0.0620. The van der Waals surface area contributed by atoms with E-state index in [1.807, 2.05) is 27.7 Å². The fourth-order valence-electron chi connectivity index (χ4n) is 0.911. The molecule has 0 saturated carbocycles. The molecule has 1 heterocycles. The minimum Gasteiger partial charge on any atom is -0.341 e. The van der Waals surface area contributed by atoms with Crippen LogP contribution in [0.15, 0.2) is 12.4 Å². The monoisotopic (exact) mass is 209 g/mol. The standard InChI is InChI=1S/C9H13N3O.C2H6/c1-4-12(3)9(13)8-5-7(2)10-6-11-8;1-2/h5-6H,4H2,1-3H3;1-2H3. The van der Waals surface area contributed by atoms with E-state index in [9.17, 15) is 4.79 Å². The molecule has 4 heteroatoms. The number of carbonyl (C=O) groups is 1. The molecular formula is C11H19N3O. The van der Waals surface area contributed by atoms with Crippen molar-refractivity contribution >= 4 is 5.91 Å². The van der Waals surface area contributed by atoms with E-state index in [4.69, 9.17) is 0 Å². The first kappa shape index (κ1) is 13.5. The number of aromatic nitrogens is 2. The van der Waals surface area contributed by atoms with E-state index in [2.05, 4.69) is 9.97 Å². The fourth-order valence-corrected chi connectivity index (χ4v) is 0.911. The lowest BCUT2D eigenvalue weighted by Gasteiger charge is -2.13. The zero-order valence-corrected chi connectivity index (χ0v) is 10.1. The second-order valence-electron chi connectivity index (χ2n) is 2.86. The summed E-state index contributed by atoms with van der Waals surface area (Å²) in [5.74, 6) is -0.0620. The first-order chi connectivity index (χ1) is 7.15. The summed E-state index contributed by atoms with van der Waals surface area (Å²) in [6.07, 6.45) is 1.41. The van der Waals surface area contributed by atoms with Crippen LogP contribution in [0, 0.1) is 6.92 Å². The van der Waals surface area contributed by atoms with Gasteiger partial charge in [-0.15, -0.1) is 0 Å². The summed E-state index contributed by atoms with van der Waals surface area (Å²) >= 11 is 0. The summed E-state index contributed by atoms with van der Waals surface area (Å²) in [4.78, 5) is 21.0. The van der Waals surface area contributed by atoms with Crippen LogP contribution in [0.3, 0.4) is 0 Å². The molecule has 0 aliphatic carbocycles. The van der Waals surface area contributed by atoms with Gasteiger partial charge in [0, 0.05) is 19.3 Å². The predicted octanol–water partition coefficient (Wildman–Crippen LogP) is 1.90. The first-order valence-electron chi connectivity index (χ1n) is 5.19. The van der Waals surface area contributed by atoms with Crippen LogP contribution in [0.4, 0.5) is 0 Å². The maximum Gasteiger partial charge on any atom is 0.272 e. The van der Waals surface area contributed by atoms with Crippen molar-refractivity contribution in [2.24, 2.45) is 0 Å². The van der Waals surface area contributed by atoms with E-state index in [-0.39, 0.29) is 5.91 Å². The summed E-state index contributed by atoms with van der Waals surface area (Å²) in [7, 11) is 1.75. The Bertz CT molecular complexity index is 312. The summed E-state index contributed by atoms with van der Waals surface area (Å²) in [5, 5.41) is 0. The molecule has 0 aliphatic rings. The molecule has 1 aromatic rings. The Hall–Kier alpha value is -1.45. The van der Waals surface area contributed by atoms with Crippen molar-refractivity contribution in [2.75, 3.05) is 13.6 Å². The van der Waals surface area contributed by atoms with Crippen LogP contribution in [0.2, 0.25) is 0 Å². The molecule has 0 radical (unpaired) electrons. The Kier molecular flexibility index (Phi) is 6.25. The topological polar surface area (TPSA) is 46.1 Å². The SMILES string of the molecule is CC.CCN(C)C(=O)c1cc(C)ncn1. The quantitative estimate of drug-likeness (QED) is 0.747. The first-order valence-corrected chi connectivity index (χ1v) is 5.19. The third-order valence-electron chi connectivity index (χ3n) is 1.84. The molecule has 0 saturated heterocycles. The molecule has 0 fully saturated rings. The Morgan fingerprint density at radius 3 is 2.47 bits per heavy atom. The van der Waals surface area contributed by atoms with E-state index in [1.165, 1.54) is 6.33 Å². The highest BCUT2D eigenvalue weighted by Crippen LogP contribution is 2.00. The number of amides is 1. The molecule has 0 spiro atoms. The molecule has 1 rings (SSSR count). The molecule has 0 atom stereocenters. The summed E-state index contributed by atoms with van der Waals surface area (Å²) in [6.45, 7) is 8.44. The van der Waals surface area contributed by atoms with Gasteiger partial charge in [-0.1, -0.05) is 13.8 Å². The van der Waals surface area contributed by atoms with Crippen molar-refractivity contribution < 1.29 is 4.79 Å². The number of hydrogen-bond acceptors (Lipinski definition) is 3. The van der Waals surface area contributed by atoms with Gasteiger partial charge >= 0.3 is 0 Å². The van der Waals surface area contributed by atoms with Crippen LogP contribution in [0.25, 0.3) is 0 Å². The Balaban J connectivity index is 0.000000921. The van der Waals surface area contributed by atoms with Crippen LogP contribution in [-0.2, 0) is 0 Å². The van der Waals surface area contributed by atoms with Gasteiger partial charge in [-0.25, -0.2) is 9.97 Å². The normalized spacial score (nSPS) is 8.87. The lowest BCUT2D eigenvalue weighted by molar-refractivity contribution is 0.0796. The van der Waals surface area contributed by atoms with Crippen LogP contribution >= 0.6 is 0 Å². The summed E-state index contributed by atoms with van der Waals surface area (Å²) in [5.41, 5.74) is 1.26. The van der Waals surface area contributed by atoms with Gasteiger partial charge < -0.3 is 4.90 Å². The molecule has 84 valence electrons. The van der Waals surface area contributed by atoms with Crippen molar-refractivity contribution in [2.45, 2.75) is 27.7 Å². The second-order valence-corrected chi connectivity index (χ2v) is 2.86. The van der Waals surface area contributed by atoms with Crippen LogP contribution in [-0.4, -0.2) is 34.4 Å². The van der Waals surface area contributed by atoms with Gasteiger partial charge in [0.15, 0.2) is 0 Å². The van der Waals surface area contributed by atoms with Crippen molar-refractivity contribution in [3.63, 3.8) is 0 Å². The lowest BCUT2D eigenvalue weighted by atomic mass is 10.3. The van der Waals surface area contributed by atoms with Crippen LogP contribution in [0.5, 0.6) is 0 Å². The number of carbonyl (C=O) groups excluding carboxylic acids is 1. The van der Waals surface area contributed by atoms with Gasteiger partial charge in [0.2, 0.25) is 0 Å². The van der Waals surface area contributed by atoms with Gasteiger partial charge in [0.05, 0.1) is 0 Å². The molecule has 1 amide bonds. The highest BCUT2D eigenvalue weighted by Gasteiger charge is 2.10. The van der Waals surface area contributed by atoms with E-state index >= 15 is 0 Å². The number of aryl methyl sites for hydroxylation is 1. The highest BCUT2D eigenvalue weighted by atomic mass is 16.2. The number of nitrogens with zero attached hydrogens (tertiary/aromatic N) is 3.